The number of aryl methyl sites for hydroxylation is 1. The first-order valence-corrected chi connectivity index (χ1v) is 7.32. The zero-order chi connectivity index (χ0) is 14.5. The molecule has 1 heterocycles. The number of hydrogen-bond donors (Lipinski definition) is 1. The number of nitrogens with zero attached hydrogens (tertiary/aromatic N) is 1. The molecule has 4 heteroatoms. The SMILES string of the molecule is CC(C)OCCC(=O)Nc1ccc2c(c1)CCCN2C. The summed E-state index contributed by atoms with van der Waals surface area (Å²) >= 11 is 0. The molecular weight excluding hydrogens is 252 g/mol. The van der Waals surface area contributed by atoms with Crippen molar-refractivity contribution in [3.8, 4) is 0 Å². The van der Waals surface area contributed by atoms with Crippen LogP contribution in [0.4, 0.5) is 11.4 Å². The predicted molar refractivity (Wildman–Crippen MR) is 82.4 cm³/mol. The maximum atomic E-state index is 11.8. The van der Waals surface area contributed by atoms with Crippen molar-refractivity contribution in [3.05, 3.63) is 23.8 Å². The number of benzene rings is 1. The largest absolute Gasteiger partial charge is 0.378 e. The summed E-state index contributed by atoms with van der Waals surface area (Å²) in [6, 6.07) is 6.16. The fraction of sp³-hybridized carbons (Fsp3) is 0.562. The van der Waals surface area contributed by atoms with Crippen LogP contribution in [-0.2, 0) is 16.0 Å². The summed E-state index contributed by atoms with van der Waals surface area (Å²) in [5.41, 5.74) is 3.47. The Hall–Kier alpha value is -1.55. The molecule has 0 bridgehead atoms. The Morgan fingerprint density at radius 1 is 1.45 bits per heavy atom. The Kier molecular flexibility index (Phi) is 5.01. The van der Waals surface area contributed by atoms with Crippen molar-refractivity contribution >= 4 is 17.3 Å². The van der Waals surface area contributed by atoms with Crippen molar-refractivity contribution in [2.75, 3.05) is 30.4 Å². The fourth-order valence-corrected chi connectivity index (χ4v) is 2.47. The Morgan fingerprint density at radius 3 is 3.00 bits per heavy atom. The molecule has 1 aliphatic heterocycles. The quantitative estimate of drug-likeness (QED) is 0.899. The van der Waals surface area contributed by atoms with Crippen LogP contribution < -0.4 is 10.2 Å². The normalized spacial score (nSPS) is 14.3. The van der Waals surface area contributed by atoms with Crippen LogP contribution in [0.25, 0.3) is 0 Å². The van der Waals surface area contributed by atoms with Crippen LogP contribution in [0.5, 0.6) is 0 Å². The lowest BCUT2D eigenvalue weighted by Gasteiger charge is -2.27. The molecule has 0 fully saturated rings. The van der Waals surface area contributed by atoms with E-state index in [4.69, 9.17) is 4.74 Å². The molecule has 4 nitrogen and oxygen atoms in total. The summed E-state index contributed by atoms with van der Waals surface area (Å²) in [6.45, 7) is 5.51. The van der Waals surface area contributed by atoms with Crippen molar-refractivity contribution < 1.29 is 9.53 Å². The van der Waals surface area contributed by atoms with Crippen molar-refractivity contribution in [1.82, 2.24) is 0 Å². The minimum Gasteiger partial charge on any atom is -0.378 e. The van der Waals surface area contributed by atoms with Crippen LogP contribution in [0.3, 0.4) is 0 Å². The second-order valence-corrected chi connectivity index (χ2v) is 5.59. The van der Waals surface area contributed by atoms with E-state index in [-0.39, 0.29) is 12.0 Å². The highest BCUT2D eigenvalue weighted by Crippen LogP contribution is 2.28. The first-order chi connectivity index (χ1) is 9.56. The molecule has 2 rings (SSSR count). The number of carbonyl (C=O) groups is 1. The summed E-state index contributed by atoms with van der Waals surface area (Å²) in [5, 5.41) is 2.94. The van der Waals surface area contributed by atoms with Gasteiger partial charge in [0.2, 0.25) is 5.91 Å². The molecule has 1 amide bonds. The summed E-state index contributed by atoms with van der Waals surface area (Å²) in [7, 11) is 2.11. The van der Waals surface area contributed by atoms with E-state index in [0.29, 0.717) is 13.0 Å². The predicted octanol–water partition coefficient (Wildman–Crippen LogP) is 2.82. The second-order valence-electron chi connectivity index (χ2n) is 5.59. The van der Waals surface area contributed by atoms with Crippen LogP contribution in [0.15, 0.2) is 18.2 Å². The second kappa shape index (κ2) is 6.75. The van der Waals surface area contributed by atoms with E-state index in [2.05, 4.69) is 29.4 Å². The van der Waals surface area contributed by atoms with Gasteiger partial charge in [0.25, 0.3) is 0 Å². The van der Waals surface area contributed by atoms with Crippen LogP contribution >= 0.6 is 0 Å². The lowest BCUT2D eigenvalue weighted by Crippen LogP contribution is -2.24. The maximum absolute atomic E-state index is 11.8. The molecule has 0 unspecified atom stereocenters. The van der Waals surface area contributed by atoms with Gasteiger partial charge in [0.15, 0.2) is 0 Å². The van der Waals surface area contributed by atoms with Crippen molar-refractivity contribution in [2.45, 2.75) is 39.2 Å². The third kappa shape index (κ3) is 3.97. The highest BCUT2D eigenvalue weighted by molar-refractivity contribution is 5.91. The number of nitrogens with one attached hydrogen (secondary N) is 1. The fourth-order valence-electron chi connectivity index (χ4n) is 2.47. The Balaban J connectivity index is 1.91. The van der Waals surface area contributed by atoms with Crippen LogP contribution in [0.1, 0.15) is 32.3 Å². The number of ether oxygens (including phenoxy) is 1. The Bertz CT molecular complexity index is 472. The third-order valence-electron chi connectivity index (χ3n) is 3.49. The smallest absolute Gasteiger partial charge is 0.226 e. The van der Waals surface area contributed by atoms with Gasteiger partial charge in [0.1, 0.15) is 0 Å². The first-order valence-electron chi connectivity index (χ1n) is 7.32. The lowest BCUT2D eigenvalue weighted by atomic mass is 10.0. The zero-order valence-corrected chi connectivity index (χ0v) is 12.6. The van der Waals surface area contributed by atoms with E-state index >= 15 is 0 Å². The van der Waals surface area contributed by atoms with Gasteiger partial charge >= 0.3 is 0 Å². The highest BCUT2D eigenvalue weighted by Gasteiger charge is 2.14. The average Bonchev–Trinajstić information content (AvgIpc) is 2.38. The monoisotopic (exact) mass is 276 g/mol. The van der Waals surface area contributed by atoms with Gasteiger partial charge in [0.05, 0.1) is 19.1 Å². The molecule has 1 N–H and O–H groups in total. The standard InChI is InChI=1S/C16H24N2O2/c1-12(2)20-10-8-16(19)17-14-6-7-15-13(11-14)5-4-9-18(15)3/h6-7,11-12H,4-5,8-10H2,1-3H3,(H,17,19). The Morgan fingerprint density at radius 2 is 2.25 bits per heavy atom. The molecule has 0 saturated carbocycles. The van der Waals surface area contributed by atoms with Gasteiger partial charge in [-0.3, -0.25) is 4.79 Å². The van der Waals surface area contributed by atoms with E-state index in [1.807, 2.05) is 19.9 Å². The minimum absolute atomic E-state index is 0.00904. The van der Waals surface area contributed by atoms with E-state index in [1.54, 1.807) is 0 Å². The molecule has 20 heavy (non-hydrogen) atoms. The molecule has 0 aliphatic carbocycles. The topological polar surface area (TPSA) is 41.6 Å². The zero-order valence-electron chi connectivity index (χ0n) is 12.6. The Labute approximate surface area is 121 Å². The van der Waals surface area contributed by atoms with Crippen molar-refractivity contribution in [3.63, 3.8) is 0 Å². The molecule has 0 spiro atoms. The van der Waals surface area contributed by atoms with Gasteiger partial charge in [-0.1, -0.05) is 0 Å². The summed E-state index contributed by atoms with van der Waals surface area (Å²) < 4.78 is 5.39. The van der Waals surface area contributed by atoms with E-state index in [9.17, 15) is 4.79 Å². The molecular formula is C16H24N2O2. The van der Waals surface area contributed by atoms with E-state index in [1.165, 1.54) is 17.7 Å². The van der Waals surface area contributed by atoms with Crippen molar-refractivity contribution in [2.24, 2.45) is 0 Å². The number of fused-ring (bicyclic) bond motifs is 1. The number of rotatable bonds is 5. The number of carbonyl (C=O) groups excluding carboxylic acids is 1. The average molecular weight is 276 g/mol. The molecule has 0 atom stereocenters. The summed E-state index contributed by atoms with van der Waals surface area (Å²) in [4.78, 5) is 14.1. The first kappa shape index (κ1) is 14.9. The minimum atomic E-state index is 0.00904. The highest BCUT2D eigenvalue weighted by atomic mass is 16.5. The maximum Gasteiger partial charge on any atom is 0.226 e. The summed E-state index contributed by atoms with van der Waals surface area (Å²) in [6.07, 6.45) is 2.82. The molecule has 110 valence electrons. The molecule has 0 aromatic heterocycles. The third-order valence-corrected chi connectivity index (χ3v) is 3.49. The van der Waals surface area contributed by atoms with Crippen LogP contribution in [-0.4, -0.2) is 32.2 Å². The van der Waals surface area contributed by atoms with Gasteiger partial charge in [-0.25, -0.2) is 0 Å². The van der Waals surface area contributed by atoms with Gasteiger partial charge < -0.3 is 15.0 Å². The molecule has 1 aliphatic rings. The molecule has 0 saturated heterocycles. The molecule has 0 radical (unpaired) electrons. The summed E-state index contributed by atoms with van der Waals surface area (Å²) in [5.74, 6) is 0.00904. The number of amides is 1. The van der Waals surface area contributed by atoms with E-state index < -0.39 is 0 Å². The van der Waals surface area contributed by atoms with E-state index in [0.717, 1.165) is 18.7 Å². The number of hydrogen-bond acceptors (Lipinski definition) is 3. The van der Waals surface area contributed by atoms with Crippen LogP contribution in [0, 0.1) is 0 Å². The van der Waals surface area contributed by atoms with Crippen molar-refractivity contribution in [1.29, 1.82) is 0 Å². The molecule has 1 aromatic carbocycles. The van der Waals surface area contributed by atoms with Crippen LogP contribution in [0.2, 0.25) is 0 Å². The van der Waals surface area contributed by atoms with Gasteiger partial charge in [-0.2, -0.15) is 0 Å². The van der Waals surface area contributed by atoms with Gasteiger partial charge in [-0.15, -0.1) is 0 Å². The number of anilines is 2. The lowest BCUT2D eigenvalue weighted by molar-refractivity contribution is -0.117. The van der Waals surface area contributed by atoms with Gasteiger partial charge in [0, 0.05) is 25.0 Å². The van der Waals surface area contributed by atoms with Gasteiger partial charge in [-0.05, 0) is 50.5 Å². The molecule has 1 aromatic rings.